The summed E-state index contributed by atoms with van der Waals surface area (Å²) in [6.07, 6.45) is 1.83. The Morgan fingerprint density at radius 3 is 2.62 bits per heavy atom. The van der Waals surface area contributed by atoms with Crippen LogP contribution in [0.2, 0.25) is 0 Å². The first-order valence-electron chi connectivity index (χ1n) is 5.64. The molecule has 0 amide bonds. The van der Waals surface area contributed by atoms with Gasteiger partial charge in [-0.1, -0.05) is 31.5 Å². The monoisotopic (exact) mass is 222 g/mol. The smallest absolute Gasteiger partial charge is 0.338 e. The Hall–Kier alpha value is -1.35. The molecule has 0 spiro atoms. The van der Waals surface area contributed by atoms with Gasteiger partial charge in [0, 0.05) is 6.42 Å². The molecule has 88 valence electrons. The second kappa shape index (κ2) is 7.01. The van der Waals surface area contributed by atoms with Crippen molar-refractivity contribution in [1.29, 1.82) is 0 Å². The zero-order chi connectivity index (χ0) is 11.8. The van der Waals surface area contributed by atoms with Gasteiger partial charge in [-0.2, -0.15) is 0 Å². The van der Waals surface area contributed by atoms with Gasteiger partial charge in [-0.15, -0.1) is 0 Å². The summed E-state index contributed by atoms with van der Waals surface area (Å²) >= 11 is 0. The summed E-state index contributed by atoms with van der Waals surface area (Å²) in [7, 11) is 0. The molecule has 0 saturated heterocycles. The maximum Gasteiger partial charge on any atom is 0.338 e. The highest BCUT2D eigenvalue weighted by Crippen LogP contribution is 2.04. The normalized spacial score (nSPS) is 12.1. The van der Waals surface area contributed by atoms with Crippen LogP contribution in [0.4, 0.5) is 0 Å². The molecule has 16 heavy (non-hydrogen) atoms. The van der Waals surface area contributed by atoms with E-state index >= 15 is 0 Å². The van der Waals surface area contributed by atoms with Crippen molar-refractivity contribution in [2.75, 3.05) is 6.61 Å². The molecule has 0 aliphatic carbocycles. The third-order valence-electron chi connectivity index (χ3n) is 2.32. The van der Waals surface area contributed by atoms with Gasteiger partial charge in [-0.3, -0.25) is 0 Å². The van der Waals surface area contributed by atoms with Gasteiger partial charge >= 0.3 is 5.97 Å². The first-order chi connectivity index (χ1) is 7.74. The molecule has 0 heterocycles. The molecule has 0 saturated carbocycles. The van der Waals surface area contributed by atoms with E-state index in [0.29, 0.717) is 12.0 Å². The Morgan fingerprint density at radius 1 is 1.31 bits per heavy atom. The molecule has 1 aromatic carbocycles. The van der Waals surface area contributed by atoms with Gasteiger partial charge in [-0.25, -0.2) is 4.79 Å². The lowest BCUT2D eigenvalue weighted by molar-refractivity contribution is 0.0424. The number of carbonyl (C=O) groups excluding carboxylic acids is 1. The number of carbonyl (C=O) groups is 1. The highest BCUT2D eigenvalue weighted by Gasteiger charge is 2.07. The molecule has 3 nitrogen and oxygen atoms in total. The van der Waals surface area contributed by atoms with Crippen molar-refractivity contribution in [2.24, 2.45) is 0 Å². The minimum atomic E-state index is -0.367. The summed E-state index contributed by atoms with van der Waals surface area (Å²) in [6, 6.07) is 8.86. The second-order valence-corrected chi connectivity index (χ2v) is 3.73. The van der Waals surface area contributed by atoms with Crippen LogP contribution in [0.1, 0.15) is 36.5 Å². The van der Waals surface area contributed by atoms with Crippen LogP contribution >= 0.6 is 0 Å². The third kappa shape index (κ3) is 4.45. The van der Waals surface area contributed by atoms with Crippen molar-refractivity contribution in [3.63, 3.8) is 0 Å². The minimum absolute atomic E-state index is 0.273. The number of aliphatic hydroxyl groups is 1. The topological polar surface area (TPSA) is 46.5 Å². The molecule has 1 rings (SSSR count). The van der Waals surface area contributed by atoms with Crippen molar-refractivity contribution >= 4 is 5.97 Å². The fourth-order valence-electron chi connectivity index (χ4n) is 1.42. The Bertz CT molecular complexity index is 308. The molecule has 0 aliphatic rings. The lowest BCUT2D eigenvalue weighted by Crippen LogP contribution is -2.13. The third-order valence-corrected chi connectivity index (χ3v) is 2.32. The van der Waals surface area contributed by atoms with Crippen molar-refractivity contribution in [1.82, 2.24) is 0 Å². The SMILES string of the molecule is CCCC(O)CCOC(=O)c1ccccc1. The molecule has 3 heteroatoms. The molecule has 0 bridgehead atoms. The number of aliphatic hydroxyl groups excluding tert-OH is 1. The molecule has 1 N–H and O–H groups in total. The predicted octanol–water partition coefficient (Wildman–Crippen LogP) is 2.39. The van der Waals surface area contributed by atoms with Crippen LogP contribution in [-0.2, 0) is 4.74 Å². The fourth-order valence-corrected chi connectivity index (χ4v) is 1.42. The van der Waals surface area contributed by atoms with E-state index in [1.54, 1.807) is 24.3 Å². The van der Waals surface area contributed by atoms with E-state index in [4.69, 9.17) is 4.74 Å². The van der Waals surface area contributed by atoms with E-state index in [2.05, 4.69) is 0 Å². The maximum atomic E-state index is 11.5. The number of hydrogen-bond donors (Lipinski definition) is 1. The average molecular weight is 222 g/mol. The van der Waals surface area contributed by atoms with Crippen molar-refractivity contribution in [3.8, 4) is 0 Å². The van der Waals surface area contributed by atoms with Gasteiger partial charge in [0.1, 0.15) is 0 Å². The molecule has 0 aromatic heterocycles. The van der Waals surface area contributed by atoms with Crippen molar-refractivity contribution in [3.05, 3.63) is 35.9 Å². The van der Waals surface area contributed by atoms with Crippen LogP contribution in [0.15, 0.2) is 30.3 Å². The lowest BCUT2D eigenvalue weighted by atomic mass is 10.1. The van der Waals surface area contributed by atoms with E-state index in [9.17, 15) is 9.90 Å². The summed E-state index contributed by atoms with van der Waals surface area (Å²) in [5.41, 5.74) is 0.549. The van der Waals surface area contributed by atoms with E-state index in [1.807, 2.05) is 13.0 Å². The first-order valence-corrected chi connectivity index (χ1v) is 5.64. The summed E-state index contributed by atoms with van der Waals surface area (Å²) in [5.74, 6) is -0.329. The number of benzene rings is 1. The predicted molar refractivity (Wildman–Crippen MR) is 62.3 cm³/mol. The molecular formula is C13H18O3. The molecular weight excluding hydrogens is 204 g/mol. The summed E-state index contributed by atoms with van der Waals surface area (Å²) in [4.78, 5) is 11.5. The van der Waals surface area contributed by atoms with Gasteiger partial charge in [0.2, 0.25) is 0 Å². The molecule has 1 unspecified atom stereocenters. The molecule has 0 aliphatic heterocycles. The van der Waals surface area contributed by atoms with Gasteiger partial charge in [-0.05, 0) is 18.6 Å². The van der Waals surface area contributed by atoms with Gasteiger partial charge in [0.05, 0.1) is 18.3 Å². The molecule has 1 atom stereocenters. The Morgan fingerprint density at radius 2 is 2.00 bits per heavy atom. The van der Waals surface area contributed by atoms with Crippen LogP contribution in [0.5, 0.6) is 0 Å². The van der Waals surface area contributed by atoms with Crippen molar-refractivity contribution < 1.29 is 14.6 Å². The standard InChI is InChI=1S/C13H18O3/c1-2-6-12(14)9-10-16-13(15)11-7-4-3-5-8-11/h3-5,7-8,12,14H,2,6,9-10H2,1H3. The van der Waals surface area contributed by atoms with E-state index in [1.165, 1.54) is 0 Å². The lowest BCUT2D eigenvalue weighted by Gasteiger charge is -2.09. The van der Waals surface area contributed by atoms with Gasteiger partial charge in [0.25, 0.3) is 0 Å². The highest BCUT2D eigenvalue weighted by atomic mass is 16.5. The van der Waals surface area contributed by atoms with Crippen LogP contribution in [0, 0.1) is 0 Å². The van der Waals surface area contributed by atoms with E-state index in [-0.39, 0.29) is 18.7 Å². The maximum absolute atomic E-state index is 11.5. The fraction of sp³-hybridized carbons (Fsp3) is 0.462. The van der Waals surface area contributed by atoms with Crippen LogP contribution in [0.25, 0.3) is 0 Å². The number of ether oxygens (including phenoxy) is 1. The Kier molecular flexibility index (Phi) is 5.57. The Labute approximate surface area is 96.1 Å². The quantitative estimate of drug-likeness (QED) is 0.752. The molecule has 1 aromatic rings. The zero-order valence-corrected chi connectivity index (χ0v) is 9.56. The van der Waals surface area contributed by atoms with Crippen LogP contribution in [0.3, 0.4) is 0 Å². The number of rotatable bonds is 6. The van der Waals surface area contributed by atoms with Crippen LogP contribution < -0.4 is 0 Å². The first kappa shape index (κ1) is 12.7. The summed E-state index contributed by atoms with van der Waals surface area (Å²) in [6.45, 7) is 2.29. The summed E-state index contributed by atoms with van der Waals surface area (Å²) < 4.78 is 5.05. The van der Waals surface area contributed by atoms with E-state index < -0.39 is 0 Å². The second-order valence-electron chi connectivity index (χ2n) is 3.73. The average Bonchev–Trinajstić information content (AvgIpc) is 2.30. The molecule has 0 radical (unpaired) electrons. The highest BCUT2D eigenvalue weighted by molar-refractivity contribution is 5.89. The Balaban J connectivity index is 2.26. The van der Waals surface area contributed by atoms with Gasteiger partial charge < -0.3 is 9.84 Å². The van der Waals surface area contributed by atoms with Gasteiger partial charge in [0.15, 0.2) is 0 Å². The molecule has 0 fully saturated rings. The largest absolute Gasteiger partial charge is 0.462 e. The number of hydrogen-bond acceptors (Lipinski definition) is 3. The van der Waals surface area contributed by atoms with Crippen LogP contribution in [-0.4, -0.2) is 23.8 Å². The van der Waals surface area contributed by atoms with Crippen molar-refractivity contribution in [2.45, 2.75) is 32.3 Å². The minimum Gasteiger partial charge on any atom is -0.462 e. The number of esters is 1. The zero-order valence-electron chi connectivity index (χ0n) is 9.56. The summed E-state index contributed by atoms with van der Waals surface area (Å²) in [5, 5.41) is 9.44. The van der Waals surface area contributed by atoms with E-state index in [0.717, 1.165) is 12.8 Å².